The lowest BCUT2D eigenvalue weighted by Crippen LogP contribution is -2.30. The third kappa shape index (κ3) is 4.42. The molecule has 0 spiro atoms. The molecule has 2 aromatic heterocycles. The van der Waals surface area contributed by atoms with Crippen molar-refractivity contribution < 1.29 is 22.8 Å². The zero-order valence-corrected chi connectivity index (χ0v) is 21.7. The maximum atomic E-state index is 13.4. The molecule has 0 saturated carbocycles. The number of Topliss-reactive ketones (excluding diaryl/α,β-unsaturated/α-hetero) is 2. The molecule has 37 heavy (non-hydrogen) atoms. The first-order valence-electron chi connectivity index (χ1n) is 10.6. The summed E-state index contributed by atoms with van der Waals surface area (Å²) in [6.07, 6.45) is 1.10. The molecule has 1 saturated heterocycles. The number of carbonyl (C=O) groups is 3. The van der Waals surface area contributed by atoms with Gasteiger partial charge in [-0.2, -0.15) is 0 Å². The van der Waals surface area contributed by atoms with E-state index in [4.69, 9.17) is 11.6 Å². The van der Waals surface area contributed by atoms with E-state index in [2.05, 4.69) is 10.2 Å². The Kier molecular flexibility index (Phi) is 6.58. The van der Waals surface area contributed by atoms with Gasteiger partial charge in [-0.05, 0) is 65.2 Å². The van der Waals surface area contributed by atoms with Crippen LogP contribution in [0.5, 0.6) is 0 Å². The van der Waals surface area contributed by atoms with Gasteiger partial charge in [0.15, 0.2) is 10.9 Å². The summed E-state index contributed by atoms with van der Waals surface area (Å²) < 4.78 is 26.1. The second kappa shape index (κ2) is 9.71. The Labute approximate surface area is 223 Å². The summed E-state index contributed by atoms with van der Waals surface area (Å²) in [6.45, 7) is 0. The standard InChI is InChI=1S/C24H14ClN3O6S3/c25-14-5-3-13(4-6-14)21(29)19-20(17-2-1-11-35-17)28(23(31)22(19)30)24-26-12-18(36-24)37(33,34)16-9-7-15(27-32)8-10-16/h1-12,19-20H. The molecular weight excluding hydrogens is 558 g/mol. The molecule has 13 heteroatoms. The average molecular weight is 572 g/mol. The number of anilines is 1. The van der Waals surface area contributed by atoms with E-state index in [1.54, 1.807) is 17.5 Å². The van der Waals surface area contributed by atoms with Crippen LogP contribution in [0.25, 0.3) is 0 Å². The van der Waals surface area contributed by atoms with Crippen LogP contribution in [0.4, 0.5) is 10.8 Å². The summed E-state index contributed by atoms with van der Waals surface area (Å²) in [7, 11) is -4.04. The van der Waals surface area contributed by atoms with Gasteiger partial charge in [0.05, 0.1) is 17.1 Å². The first-order valence-corrected chi connectivity index (χ1v) is 14.1. The maximum Gasteiger partial charge on any atom is 0.297 e. The molecule has 0 N–H and O–H groups in total. The largest absolute Gasteiger partial charge is 0.297 e. The third-order valence-corrected chi connectivity index (χ3v) is 10.2. The fraction of sp³-hybridized carbons (Fsp3) is 0.0833. The first-order chi connectivity index (χ1) is 17.7. The normalized spacial score (nSPS) is 17.8. The van der Waals surface area contributed by atoms with E-state index in [0.717, 1.165) is 11.1 Å². The molecule has 2 atom stereocenters. The van der Waals surface area contributed by atoms with E-state index in [1.165, 1.54) is 59.9 Å². The van der Waals surface area contributed by atoms with Gasteiger partial charge in [0.25, 0.3) is 5.91 Å². The van der Waals surface area contributed by atoms with Crippen molar-refractivity contribution in [2.75, 3.05) is 4.90 Å². The fourth-order valence-corrected chi connectivity index (χ4v) is 7.51. The topological polar surface area (TPSA) is 131 Å². The van der Waals surface area contributed by atoms with Crippen LogP contribution >= 0.6 is 34.3 Å². The number of amides is 1. The summed E-state index contributed by atoms with van der Waals surface area (Å²) in [5, 5.41) is 4.88. The summed E-state index contributed by atoms with van der Waals surface area (Å²) >= 11 is 7.89. The van der Waals surface area contributed by atoms with E-state index >= 15 is 0 Å². The third-order valence-electron chi connectivity index (χ3n) is 5.75. The van der Waals surface area contributed by atoms with Crippen molar-refractivity contribution in [2.45, 2.75) is 15.1 Å². The van der Waals surface area contributed by atoms with Crippen LogP contribution in [0.1, 0.15) is 21.3 Å². The number of rotatable bonds is 7. The zero-order chi connectivity index (χ0) is 26.3. The molecule has 1 fully saturated rings. The number of halogens is 1. The number of thiophene rings is 1. The number of hydrogen-bond acceptors (Lipinski definition) is 10. The van der Waals surface area contributed by atoms with Crippen molar-refractivity contribution in [3.05, 3.63) is 92.6 Å². The lowest BCUT2D eigenvalue weighted by molar-refractivity contribution is -0.135. The lowest BCUT2D eigenvalue weighted by Gasteiger charge is -2.23. The number of sulfone groups is 1. The number of ketones is 2. The maximum absolute atomic E-state index is 13.4. The quantitative estimate of drug-likeness (QED) is 0.128. The van der Waals surface area contributed by atoms with Crippen LogP contribution in [-0.4, -0.2) is 30.9 Å². The van der Waals surface area contributed by atoms with Crippen molar-refractivity contribution in [1.82, 2.24) is 4.98 Å². The van der Waals surface area contributed by atoms with E-state index < -0.39 is 39.3 Å². The lowest BCUT2D eigenvalue weighted by atomic mass is 9.89. The Morgan fingerprint density at radius 1 is 1.03 bits per heavy atom. The highest BCUT2D eigenvalue weighted by molar-refractivity contribution is 7.93. The monoisotopic (exact) mass is 571 g/mol. The summed E-state index contributed by atoms with van der Waals surface area (Å²) in [5.74, 6) is -3.76. The minimum Gasteiger partial charge on any atom is -0.293 e. The van der Waals surface area contributed by atoms with Crippen LogP contribution in [0.3, 0.4) is 0 Å². The van der Waals surface area contributed by atoms with Crippen LogP contribution in [0, 0.1) is 10.8 Å². The Morgan fingerprint density at radius 2 is 1.73 bits per heavy atom. The van der Waals surface area contributed by atoms with Gasteiger partial charge >= 0.3 is 0 Å². The molecule has 9 nitrogen and oxygen atoms in total. The predicted molar refractivity (Wildman–Crippen MR) is 138 cm³/mol. The molecule has 0 aliphatic carbocycles. The van der Waals surface area contributed by atoms with Crippen molar-refractivity contribution in [3.8, 4) is 0 Å². The summed E-state index contributed by atoms with van der Waals surface area (Å²) in [5.41, 5.74) is 0.287. The van der Waals surface area contributed by atoms with Gasteiger partial charge < -0.3 is 0 Å². The van der Waals surface area contributed by atoms with Gasteiger partial charge in [-0.3, -0.25) is 19.3 Å². The Balaban J connectivity index is 1.55. The van der Waals surface area contributed by atoms with E-state index in [-0.39, 0.29) is 25.5 Å². The Bertz CT molecular complexity index is 1630. The number of benzene rings is 2. The van der Waals surface area contributed by atoms with Crippen molar-refractivity contribution in [2.24, 2.45) is 11.1 Å². The van der Waals surface area contributed by atoms with Crippen LogP contribution in [0.2, 0.25) is 5.02 Å². The minimum absolute atomic E-state index is 0.0343. The molecule has 3 heterocycles. The highest BCUT2D eigenvalue weighted by Gasteiger charge is 2.53. The Hall–Kier alpha value is -3.58. The minimum atomic E-state index is -4.04. The molecule has 0 radical (unpaired) electrons. The van der Waals surface area contributed by atoms with Crippen molar-refractivity contribution in [1.29, 1.82) is 0 Å². The summed E-state index contributed by atoms with van der Waals surface area (Å²) in [4.78, 5) is 56.1. The number of aromatic nitrogens is 1. The van der Waals surface area contributed by atoms with Crippen molar-refractivity contribution in [3.63, 3.8) is 0 Å². The molecule has 0 bridgehead atoms. The van der Waals surface area contributed by atoms with Gasteiger partial charge in [-0.25, -0.2) is 13.4 Å². The highest BCUT2D eigenvalue weighted by Crippen LogP contribution is 2.44. The van der Waals surface area contributed by atoms with Gasteiger partial charge in [0.2, 0.25) is 15.6 Å². The molecule has 1 amide bonds. The summed E-state index contributed by atoms with van der Waals surface area (Å²) in [6, 6.07) is 13.4. The SMILES string of the molecule is O=Nc1ccc(S(=O)(=O)c2cnc(N3C(=O)C(=O)C(C(=O)c4ccc(Cl)cc4)C3c3cccs3)s2)cc1. The molecule has 4 aromatic rings. The molecule has 1 aliphatic heterocycles. The number of thiazole rings is 1. The molecule has 2 unspecified atom stereocenters. The molecule has 1 aliphatic rings. The van der Waals surface area contributed by atoms with Crippen LogP contribution in [0.15, 0.2) is 86.5 Å². The Morgan fingerprint density at radius 3 is 2.35 bits per heavy atom. The number of nitroso groups, excluding NO2 is 1. The molecular formula is C24H14ClN3O6S3. The number of carbonyl (C=O) groups excluding carboxylic acids is 3. The average Bonchev–Trinajstić information content (AvgIpc) is 3.65. The van der Waals surface area contributed by atoms with Crippen molar-refractivity contribution >= 4 is 72.4 Å². The second-order valence-corrected chi connectivity index (χ2v) is 12.5. The predicted octanol–water partition coefficient (Wildman–Crippen LogP) is 5.24. The number of nitrogens with zero attached hydrogens (tertiary/aromatic N) is 3. The highest BCUT2D eigenvalue weighted by atomic mass is 35.5. The molecule has 186 valence electrons. The van der Waals surface area contributed by atoms with Gasteiger partial charge in [-0.15, -0.1) is 16.2 Å². The van der Waals surface area contributed by atoms with E-state index in [1.807, 2.05) is 0 Å². The van der Waals surface area contributed by atoms with E-state index in [9.17, 15) is 27.7 Å². The zero-order valence-electron chi connectivity index (χ0n) is 18.5. The first kappa shape index (κ1) is 25.1. The second-order valence-electron chi connectivity index (χ2n) is 7.90. The van der Waals surface area contributed by atoms with Gasteiger partial charge in [0.1, 0.15) is 15.8 Å². The van der Waals surface area contributed by atoms with Crippen LogP contribution in [-0.2, 0) is 19.4 Å². The van der Waals surface area contributed by atoms with Crippen LogP contribution < -0.4 is 4.90 Å². The molecule has 2 aromatic carbocycles. The number of hydrogen-bond donors (Lipinski definition) is 0. The van der Waals surface area contributed by atoms with E-state index in [0.29, 0.717) is 21.2 Å². The molecule has 5 rings (SSSR count). The smallest absolute Gasteiger partial charge is 0.293 e. The van der Waals surface area contributed by atoms with Gasteiger partial charge in [0, 0.05) is 15.5 Å². The fourth-order valence-electron chi connectivity index (χ4n) is 3.97. The van der Waals surface area contributed by atoms with Gasteiger partial charge in [-0.1, -0.05) is 29.0 Å².